The van der Waals surface area contributed by atoms with E-state index in [-0.39, 0.29) is 0 Å². The normalized spacial score (nSPS) is 40.4. The Morgan fingerprint density at radius 2 is 2.00 bits per heavy atom. The van der Waals surface area contributed by atoms with Gasteiger partial charge in [0.1, 0.15) is 0 Å². The van der Waals surface area contributed by atoms with Gasteiger partial charge in [-0.2, -0.15) is 0 Å². The van der Waals surface area contributed by atoms with Crippen LogP contribution >= 0.6 is 0 Å². The smallest absolute Gasteiger partial charge is 0.237 e. The summed E-state index contributed by atoms with van der Waals surface area (Å²) in [6, 6.07) is 1.12. The molecular formula is C13H22N2O. The van der Waals surface area contributed by atoms with E-state index in [0.717, 1.165) is 12.5 Å². The third-order valence-electron chi connectivity index (χ3n) is 4.66. The molecule has 0 N–H and O–H groups in total. The van der Waals surface area contributed by atoms with Crippen LogP contribution in [0.2, 0.25) is 0 Å². The highest BCUT2D eigenvalue weighted by Crippen LogP contribution is 2.39. The molecule has 3 fully saturated rings. The number of nitrogens with zero attached hydrogens (tertiary/aromatic N) is 2. The third-order valence-corrected chi connectivity index (χ3v) is 4.66. The molecule has 1 unspecified atom stereocenters. The van der Waals surface area contributed by atoms with Gasteiger partial charge in [-0.05, 0) is 32.2 Å². The van der Waals surface area contributed by atoms with E-state index in [1.54, 1.807) is 0 Å². The molecule has 2 heterocycles. The predicted molar refractivity (Wildman–Crippen MR) is 63.1 cm³/mol. The molecule has 3 heteroatoms. The van der Waals surface area contributed by atoms with Crippen LogP contribution in [0.25, 0.3) is 0 Å². The maximum absolute atomic E-state index is 12.1. The minimum atomic E-state index is 0.383. The molecule has 16 heavy (non-hydrogen) atoms. The summed E-state index contributed by atoms with van der Waals surface area (Å²) in [6.45, 7) is 1.73. The van der Waals surface area contributed by atoms with Gasteiger partial charge in [0.25, 0.3) is 0 Å². The molecule has 0 radical (unpaired) electrons. The van der Waals surface area contributed by atoms with E-state index >= 15 is 0 Å². The first kappa shape index (κ1) is 10.6. The van der Waals surface area contributed by atoms with Crippen LogP contribution in [0, 0.1) is 5.92 Å². The summed E-state index contributed by atoms with van der Waals surface area (Å²) >= 11 is 0. The van der Waals surface area contributed by atoms with Gasteiger partial charge in [-0.15, -0.1) is 0 Å². The molecule has 0 aromatic heterocycles. The molecule has 3 atom stereocenters. The number of hydrogen-bond donors (Lipinski definition) is 0. The van der Waals surface area contributed by atoms with Gasteiger partial charge in [-0.25, -0.2) is 0 Å². The van der Waals surface area contributed by atoms with E-state index in [4.69, 9.17) is 0 Å². The fourth-order valence-corrected chi connectivity index (χ4v) is 4.03. The van der Waals surface area contributed by atoms with Crippen LogP contribution in [0.5, 0.6) is 0 Å². The van der Waals surface area contributed by atoms with Gasteiger partial charge in [0.05, 0.1) is 6.54 Å². The molecule has 90 valence electrons. The first-order chi connectivity index (χ1) is 7.75. The summed E-state index contributed by atoms with van der Waals surface area (Å²) < 4.78 is 0. The van der Waals surface area contributed by atoms with Crippen molar-refractivity contribution in [3.8, 4) is 0 Å². The van der Waals surface area contributed by atoms with Crippen molar-refractivity contribution < 1.29 is 4.79 Å². The summed E-state index contributed by atoms with van der Waals surface area (Å²) in [5.41, 5.74) is 0. The Hall–Kier alpha value is -0.570. The second-order valence-corrected chi connectivity index (χ2v) is 5.85. The third kappa shape index (κ3) is 1.65. The van der Waals surface area contributed by atoms with E-state index in [2.05, 4.69) is 16.8 Å². The van der Waals surface area contributed by atoms with Crippen LogP contribution in [0.3, 0.4) is 0 Å². The van der Waals surface area contributed by atoms with E-state index in [1.807, 2.05) is 0 Å². The zero-order valence-electron chi connectivity index (χ0n) is 10.2. The molecule has 1 saturated carbocycles. The monoisotopic (exact) mass is 222 g/mol. The minimum Gasteiger partial charge on any atom is -0.334 e. The highest BCUT2D eigenvalue weighted by Gasteiger charge is 2.45. The SMILES string of the molecule is CN1CC(=O)N2C(C[C@@H]3CCCCC[C@H]32)C1. The number of hydrogen-bond acceptors (Lipinski definition) is 2. The van der Waals surface area contributed by atoms with Crippen molar-refractivity contribution in [2.24, 2.45) is 5.92 Å². The van der Waals surface area contributed by atoms with Gasteiger partial charge in [0.15, 0.2) is 0 Å². The molecule has 0 aromatic rings. The van der Waals surface area contributed by atoms with Crippen LogP contribution < -0.4 is 0 Å². The molecule has 3 rings (SSSR count). The van der Waals surface area contributed by atoms with Crippen molar-refractivity contribution in [1.29, 1.82) is 0 Å². The second-order valence-electron chi connectivity index (χ2n) is 5.85. The van der Waals surface area contributed by atoms with Crippen molar-refractivity contribution in [1.82, 2.24) is 9.80 Å². The highest BCUT2D eigenvalue weighted by atomic mass is 16.2. The van der Waals surface area contributed by atoms with Crippen LogP contribution in [0.15, 0.2) is 0 Å². The van der Waals surface area contributed by atoms with Gasteiger partial charge < -0.3 is 4.90 Å². The molecule has 1 aliphatic carbocycles. The fourth-order valence-electron chi connectivity index (χ4n) is 4.03. The van der Waals surface area contributed by atoms with Crippen molar-refractivity contribution in [3.63, 3.8) is 0 Å². The average Bonchev–Trinajstić information content (AvgIpc) is 2.42. The number of carbonyl (C=O) groups is 1. The fraction of sp³-hybridized carbons (Fsp3) is 0.923. The first-order valence-electron chi connectivity index (χ1n) is 6.75. The van der Waals surface area contributed by atoms with E-state index in [9.17, 15) is 4.79 Å². The zero-order valence-corrected chi connectivity index (χ0v) is 10.2. The molecule has 0 spiro atoms. The number of likely N-dealkylation sites (N-methyl/N-ethyl adjacent to an activating group) is 1. The second kappa shape index (κ2) is 4.02. The maximum atomic E-state index is 12.1. The largest absolute Gasteiger partial charge is 0.334 e. The number of amides is 1. The number of piperazine rings is 1. The number of rotatable bonds is 0. The van der Waals surface area contributed by atoms with Gasteiger partial charge in [-0.1, -0.05) is 19.3 Å². The van der Waals surface area contributed by atoms with E-state index in [0.29, 0.717) is 24.5 Å². The summed E-state index contributed by atoms with van der Waals surface area (Å²) in [6.07, 6.45) is 7.96. The molecule has 1 amide bonds. The summed E-state index contributed by atoms with van der Waals surface area (Å²) in [4.78, 5) is 16.6. The van der Waals surface area contributed by atoms with Gasteiger partial charge >= 0.3 is 0 Å². The number of carbonyl (C=O) groups excluding carboxylic acids is 1. The molecule has 0 aromatic carbocycles. The Kier molecular flexibility index (Phi) is 2.66. The topological polar surface area (TPSA) is 23.6 Å². The summed E-state index contributed by atoms with van der Waals surface area (Å²) in [5.74, 6) is 1.19. The minimum absolute atomic E-state index is 0.383. The van der Waals surface area contributed by atoms with Gasteiger partial charge in [0, 0.05) is 18.6 Å². The van der Waals surface area contributed by atoms with Crippen molar-refractivity contribution in [2.45, 2.75) is 50.6 Å². The Bertz CT molecular complexity index is 292. The lowest BCUT2D eigenvalue weighted by Gasteiger charge is -2.38. The highest BCUT2D eigenvalue weighted by molar-refractivity contribution is 5.80. The Balaban J connectivity index is 1.81. The zero-order chi connectivity index (χ0) is 11.1. The van der Waals surface area contributed by atoms with Crippen LogP contribution in [0.4, 0.5) is 0 Å². The lowest BCUT2D eigenvalue weighted by molar-refractivity contribution is -0.139. The van der Waals surface area contributed by atoms with E-state index < -0.39 is 0 Å². The Labute approximate surface area is 97.8 Å². The van der Waals surface area contributed by atoms with Gasteiger partial charge in [0.2, 0.25) is 5.91 Å². The van der Waals surface area contributed by atoms with Crippen LogP contribution in [-0.4, -0.2) is 47.9 Å². The molecule has 0 bridgehead atoms. The van der Waals surface area contributed by atoms with Crippen molar-refractivity contribution >= 4 is 5.91 Å². The number of fused-ring (bicyclic) bond motifs is 3. The molecule has 2 aliphatic heterocycles. The quantitative estimate of drug-likeness (QED) is 0.620. The van der Waals surface area contributed by atoms with Gasteiger partial charge in [-0.3, -0.25) is 9.69 Å². The molecular weight excluding hydrogens is 200 g/mol. The predicted octanol–water partition coefficient (Wildman–Crippen LogP) is 1.48. The van der Waals surface area contributed by atoms with Crippen molar-refractivity contribution in [3.05, 3.63) is 0 Å². The van der Waals surface area contributed by atoms with E-state index in [1.165, 1.54) is 38.5 Å². The Morgan fingerprint density at radius 3 is 2.88 bits per heavy atom. The summed E-state index contributed by atoms with van der Waals surface area (Å²) in [5, 5.41) is 0. The lowest BCUT2D eigenvalue weighted by Crippen LogP contribution is -2.55. The standard InChI is InChI=1S/C13H22N2O/c1-14-8-11-7-10-5-3-2-4-6-12(10)15(11)13(16)9-14/h10-12H,2-9H2,1H3/t10-,11?,12+/m0/s1. The van der Waals surface area contributed by atoms with Crippen molar-refractivity contribution in [2.75, 3.05) is 20.1 Å². The van der Waals surface area contributed by atoms with Crippen LogP contribution in [-0.2, 0) is 4.79 Å². The molecule has 3 aliphatic rings. The Morgan fingerprint density at radius 1 is 1.19 bits per heavy atom. The molecule has 3 nitrogen and oxygen atoms in total. The average molecular weight is 222 g/mol. The summed E-state index contributed by atoms with van der Waals surface area (Å²) in [7, 11) is 2.07. The maximum Gasteiger partial charge on any atom is 0.237 e. The molecule has 2 saturated heterocycles. The van der Waals surface area contributed by atoms with Crippen LogP contribution in [0.1, 0.15) is 38.5 Å². The first-order valence-corrected chi connectivity index (χ1v) is 6.75. The lowest BCUT2D eigenvalue weighted by atomic mass is 9.94.